The number of rotatable bonds is 8. The van der Waals surface area contributed by atoms with Gasteiger partial charge < -0.3 is 13.8 Å². The van der Waals surface area contributed by atoms with Crippen LogP contribution in [0.3, 0.4) is 0 Å². The molecular weight excluding hydrogens is 299 g/mol. The molecule has 1 aromatic rings. The number of carbonyl (C=O) groups is 1. The summed E-state index contributed by atoms with van der Waals surface area (Å²) in [4.78, 5) is 11.9. The molecule has 0 bridgehead atoms. The van der Waals surface area contributed by atoms with E-state index in [-0.39, 0.29) is 0 Å². The van der Waals surface area contributed by atoms with Gasteiger partial charge in [0.1, 0.15) is 0 Å². The molecule has 112 valence electrons. The first kappa shape index (κ1) is 17.3. The van der Waals surface area contributed by atoms with Crippen LogP contribution in [0, 0.1) is 0 Å². The van der Waals surface area contributed by atoms with E-state index in [0.717, 1.165) is 0 Å². The van der Waals surface area contributed by atoms with Crippen LogP contribution >= 0.6 is 6.72 Å². The summed E-state index contributed by atoms with van der Waals surface area (Å²) in [7, 11) is 1.30. The van der Waals surface area contributed by atoms with E-state index < -0.39 is 18.8 Å². The number of esters is 1. The maximum absolute atomic E-state index is 11.9. The average Bonchev–Trinajstić information content (AvgIpc) is 2.45. The first-order chi connectivity index (χ1) is 9.56. The Hall–Kier alpha value is -0.780. The van der Waals surface area contributed by atoms with Gasteiger partial charge in [0.15, 0.2) is 6.10 Å². The minimum Gasteiger partial charge on any atom is -0.467 e. The lowest BCUT2D eigenvalue weighted by Crippen LogP contribution is -2.18. The van der Waals surface area contributed by atoms with Crippen molar-refractivity contribution in [3.05, 3.63) is 35.9 Å². The normalized spacial score (nSPS) is 12.9. The predicted molar refractivity (Wildman–Crippen MR) is 79.8 cm³/mol. The molecule has 1 unspecified atom stereocenters. The highest BCUT2D eigenvalue weighted by molar-refractivity contribution is 8.07. The fraction of sp³-hybridized carbons (Fsp3) is 0.462. The van der Waals surface area contributed by atoms with E-state index in [1.807, 2.05) is 6.07 Å². The molecule has 0 aliphatic carbocycles. The fourth-order valence-corrected chi connectivity index (χ4v) is 3.70. The lowest BCUT2D eigenvalue weighted by atomic mass is 10.1. The number of methoxy groups -OCH3 is 1. The summed E-state index contributed by atoms with van der Waals surface area (Å²) in [6, 6.07) is 8.98. The minimum atomic E-state index is -2.98. The molecule has 0 aliphatic rings. The van der Waals surface area contributed by atoms with Crippen molar-refractivity contribution >= 4 is 24.5 Å². The summed E-state index contributed by atoms with van der Waals surface area (Å²) >= 11 is 5.28. The molecule has 0 amide bonds. The van der Waals surface area contributed by atoms with Gasteiger partial charge in [0.05, 0.1) is 20.3 Å². The maximum atomic E-state index is 11.9. The average molecular weight is 318 g/mol. The Morgan fingerprint density at radius 3 is 2.20 bits per heavy atom. The number of hydrogen-bond acceptors (Lipinski definition) is 6. The van der Waals surface area contributed by atoms with Crippen LogP contribution in [0.2, 0.25) is 0 Å². The number of carbonyl (C=O) groups excluding carboxylic acids is 1. The molecule has 0 fully saturated rings. The third kappa shape index (κ3) is 4.96. The van der Waals surface area contributed by atoms with Gasteiger partial charge in [-0.1, -0.05) is 30.3 Å². The summed E-state index contributed by atoms with van der Waals surface area (Å²) in [5.41, 5.74) is 0.646. The molecule has 7 heteroatoms. The molecular formula is C13H19O5PS. The Kier molecular flexibility index (Phi) is 7.34. The van der Waals surface area contributed by atoms with E-state index in [1.54, 1.807) is 38.1 Å². The van der Waals surface area contributed by atoms with E-state index in [0.29, 0.717) is 18.8 Å². The Balaban J connectivity index is 3.00. The van der Waals surface area contributed by atoms with Crippen LogP contribution in [0.5, 0.6) is 0 Å². The van der Waals surface area contributed by atoms with Crippen molar-refractivity contribution in [2.45, 2.75) is 20.0 Å². The van der Waals surface area contributed by atoms with Crippen molar-refractivity contribution in [2.24, 2.45) is 0 Å². The molecule has 0 spiro atoms. The molecule has 0 saturated heterocycles. The fourth-order valence-electron chi connectivity index (χ4n) is 1.52. The zero-order chi connectivity index (χ0) is 15.0. The summed E-state index contributed by atoms with van der Waals surface area (Å²) in [6.07, 6.45) is -0.954. The van der Waals surface area contributed by atoms with Crippen LogP contribution in [-0.2, 0) is 34.9 Å². The molecule has 0 aromatic heterocycles. The highest BCUT2D eigenvalue weighted by Crippen LogP contribution is 2.53. The van der Waals surface area contributed by atoms with Gasteiger partial charge >= 0.3 is 12.7 Å². The highest BCUT2D eigenvalue weighted by atomic mass is 32.5. The van der Waals surface area contributed by atoms with Crippen LogP contribution in [-0.4, -0.2) is 26.3 Å². The predicted octanol–water partition coefficient (Wildman–Crippen LogP) is 3.21. The lowest BCUT2D eigenvalue weighted by molar-refractivity contribution is -0.149. The second kappa shape index (κ2) is 8.49. The smallest absolute Gasteiger partial charge is 0.340 e. The Bertz CT molecular complexity index is 455. The standard InChI is InChI=1S/C13H19O5PS/c1-4-16-19(20,17-5-2)18-12(13(14)15-3)11-9-7-6-8-10-11/h6-10,12H,4-5H2,1-3H3. The maximum Gasteiger partial charge on any atom is 0.340 e. The summed E-state index contributed by atoms with van der Waals surface area (Å²) < 4.78 is 21.2. The third-order valence-corrected chi connectivity index (χ3v) is 4.84. The molecule has 5 nitrogen and oxygen atoms in total. The van der Waals surface area contributed by atoms with Crippen molar-refractivity contribution in [3.63, 3.8) is 0 Å². The van der Waals surface area contributed by atoms with Crippen molar-refractivity contribution in [1.29, 1.82) is 0 Å². The van der Waals surface area contributed by atoms with Crippen LogP contribution in [0.15, 0.2) is 30.3 Å². The number of hydrogen-bond donors (Lipinski definition) is 0. The third-order valence-electron chi connectivity index (χ3n) is 2.33. The molecule has 0 radical (unpaired) electrons. The Morgan fingerprint density at radius 2 is 1.75 bits per heavy atom. The SMILES string of the molecule is CCOP(=S)(OCC)OC(C(=O)OC)c1ccccc1. The molecule has 0 saturated carbocycles. The minimum absolute atomic E-state index is 0.347. The van der Waals surface area contributed by atoms with E-state index in [4.69, 9.17) is 30.1 Å². The monoisotopic (exact) mass is 318 g/mol. The van der Waals surface area contributed by atoms with Gasteiger partial charge in [-0.3, -0.25) is 4.52 Å². The van der Waals surface area contributed by atoms with Gasteiger partial charge in [0.25, 0.3) is 0 Å². The first-order valence-electron chi connectivity index (χ1n) is 6.26. The Morgan fingerprint density at radius 1 is 1.20 bits per heavy atom. The molecule has 0 heterocycles. The van der Waals surface area contributed by atoms with Gasteiger partial charge in [0.2, 0.25) is 0 Å². The molecule has 0 aliphatic heterocycles. The van der Waals surface area contributed by atoms with E-state index >= 15 is 0 Å². The van der Waals surface area contributed by atoms with E-state index in [2.05, 4.69) is 0 Å². The summed E-state index contributed by atoms with van der Waals surface area (Å²) in [5, 5.41) is 0. The van der Waals surface area contributed by atoms with Gasteiger partial charge in [-0.25, -0.2) is 4.79 Å². The summed E-state index contributed by atoms with van der Waals surface area (Å²) in [5.74, 6) is -0.537. The van der Waals surface area contributed by atoms with Crippen molar-refractivity contribution in [2.75, 3.05) is 20.3 Å². The van der Waals surface area contributed by atoms with Crippen molar-refractivity contribution < 1.29 is 23.1 Å². The topological polar surface area (TPSA) is 54.0 Å². The molecule has 1 atom stereocenters. The van der Waals surface area contributed by atoms with E-state index in [1.165, 1.54) is 7.11 Å². The Labute approximate surface area is 124 Å². The lowest BCUT2D eigenvalue weighted by Gasteiger charge is -2.25. The van der Waals surface area contributed by atoms with Crippen LogP contribution < -0.4 is 0 Å². The van der Waals surface area contributed by atoms with Crippen LogP contribution in [0.25, 0.3) is 0 Å². The summed E-state index contributed by atoms with van der Waals surface area (Å²) in [6.45, 7) is 1.30. The number of ether oxygens (including phenoxy) is 1. The van der Waals surface area contributed by atoms with Gasteiger partial charge in [-0.15, -0.1) is 0 Å². The van der Waals surface area contributed by atoms with Crippen LogP contribution in [0.1, 0.15) is 25.5 Å². The highest BCUT2D eigenvalue weighted by Gasteiger charge is 2.31. The molecule has 0 N–H and O–H groups in total. The molecule has 20 heavy (non-hydrogen) atoms. The van der Waals surface area contributed by atoms with Crippen molar-refractivity contribution in [1.82, 2.24) is 0 Å². The van der Waals surface area contributed by atoms with Crippen molar-refractivity contribution in [3.8, 4) is 0 Å². The van der Waals surface area contributed by atoms with Gasteiger partial charge in [-0.05, 0) is 31.2 Å². The first-order valence-corrected chi connectivity index (χ1v) is 8.82. The molecule has 1 rings (SSSR count). The second-order valence-corrected chi connectivity index (χ2v) is 6.67. The number of benzene rings is 1. The van der Waals surface area contributed by atoms with Gasteiger partial charge in [0, 0.05) is 0 Å². The zero-order valence-corrected chi connectivity index (χ0v) is 13.5. The van der Waals surface area contributed by atoms with Crippen LogP contribution in [0.4, 0.5) is 0 Å². The van der Waals surface area contributed by atoms with E-state index in [9.17, 15) is 4.79 Å². The second-order valence-electron chi connectivity index (χ2n) is 3.70. The zero-order valence-electron chi connectivity index (χ0n) is 11.8. The quantitative estimate of drug-likeness (QED) is 0.542. The van der Waals surface area contributed by atoms with Gasteiger partial charge in [-0.2, -0.15) is 0 Å². The molecule has 1 aromatic carbocycles. The largest absolute Gasteiger partial charge is 0.467 e.